The molecular weight excluding hydrogens is 228 g/mol. The summed E-state index contributed by atoms with van der Waals surface area (Å²) in [6.07, 6.45) is 1.30. The largest absolute Gasteiger partial charge is 0.323 e. The van der Waals surface area contributed by atoms with Gasteiger partial charge in [0.1, 0.15) is 0 Å². The Balaban J connectivity index is 1.91. The van der Waals surface area contributed by atoms with Crippen molar-refractivity contribution in [2.45, 2.75) is 19.4 Å². The molecule has 0 bridgehead atoms. The lowest BCUT2D eigenvalue weighted by Gasteiger charge is -2.23. The van der Waals surface area contributed by atoms with Crippen LogP contribution in [0.25, 0.3) is 0 Å². The Kier molecular flexibility index (Phi) is 4.89. The molecule has 1 aromatic carbocycles. The van der Waals surface area contributed by atoms with Crippen LogP contribution in [0.15, 0.2) is 24.3 Å². The predicted molar refractivity (Wildman–Crippen MR) is 76.5 cm³/mol. The van der Waals surface area contributed by atoms with Gasteiger partial charge in [-0.15, -0.1) is 0 Å². The average molecular weight is 250 g/mol. The van der Waals surface area contributed by atoms with Gasteiger partial charge in [-0.05, 0) is 31.2 Å². The van der Waals surface area contributed by atoms with Crippen molar-refractivity contribution in [3.05, 3.63) is 35.4 Å². The number of hydrogen-bond donors (Lipinski definition) is 1. The molecule has 0 amide bonds. The fourth-order valence-electron chi connectivity index (χ4n) is 2.18. The van der Waals surface area contributed by atoms with Crippen LogP contribution in [0.2, 0.25) is 0 Å². The number of aryl methyl sites for hydroxylation is 1. The van der Waals surface area contributed by atoms with Crippen molar-refractivity contribution in [2.24, 2.45) is 5.73 Å². The molecule has 0 saturated carbocycles. The molecule has 2 nitrogen and oxygen atoms in total. The molecule has 2 N–H and O–H groups in total. The minimum Gasteiger partial charge on any atom is -0.323 e. The Bertz CT molecular complexity index is 329. The molecule has 1 aliphatic heterocycles. The van der Waals surface area contributed by atoms with E-state index < -0.39 is 0 Å². The van der Waals surface area contributed by atoms with E-state index >= 15 is 0 Å². The Morgan fingerprint density at radius 3 is 2.76 bits per heavy atom. The number of benzene rings is 1. The highest BCUT2D eigenvalue weighted by molar-refractivity contribution is 7.99. The third-order valence-corrected chi connectivity index (χ3v) is 4.32. The molecular formula is C14H22N2S. The molecule has 0 aromatic heterocycles. The first kappa shape index (κ1) is 12.9. The molecule has 1 fully saturated rings. The van der Waals surface area contributed by atoms with E-state index in [1.54, 1.807) is 0 Å². The zero-order valence-corrected chi connectivity index (χ0v) is 11.4. The lowest BCUT2D eigenvalue weighted by atomic mass is 10.1. The summed E-state index contributed by atoms with van der Waals surface area (Å²) >= 11 is 2.06. The van der Waals surface area contributed by atoms with Crippen molar-refractivity contribution in [3.63, 3.8) is 0 Å². The molecule has 1 unspecified atom stereocenters. The number of hydrogen-bond acceptors (Lipinski definition) is 3. The van der Waals surface area contributed by atoms with Gasteiger partial charge in [0.25, 0.3) is 0 Å². The van der Waals surface area contributed by atoms with Crippen LogP contribution in [-0.4, -0.2) is 36.0 Å². The fourth-order valence-corrected chi connectivity index (χ4v) is 3.10. The zero-order chi connectivity index (χ0) is 12.1. The van der Waals surface area contributed by atoms with Crippen molar-refractivity contribution in [1.82, 2.24) is 4.90 Å². The quantitative estimate of drug-likeness (QED) is 0.893. The second-order valence-electron chi connectivity index (χ2n) is 4.78. The maximum atomic E-state index is 6.28. The smallest absolute Gasteiger partial charge is 0.0424 e. The van der Waals surface area contributed by atoms with E-state index in [1.807, 2.05) is 0 Å². The van der Waals surface area contributed by atoms with Gasteiger partial charge >= 0.3 is 0 Å². The van der Waals surface area contributed by atoms with E-state index in [-0.39, 0.29) is 6.04 Å². The van der Waals surface area contributed by atoms with Crippen molar-refractivity contribution >= 4 is 11.8 Å². The molecule has 17 heavy (non-hydrogen) atoms. The lowest BCUT2D eigenvalue weighted by Crippen LogP contribution is -2.33. The highest BCUT2D eigenvalue weighted by atomic mass is 32.2. The number of rotatable bonds is 3. The van der Waals surface area contributed by atoms with Crippen LogP contribution in [0, 0.1) is 6.92 Å². The van der Waals surface area contributed by atoms with Crippen molar-refractivity contribution in [1.29, 1.82) is 0 Å². The van der Waals surface area contributed by atoms with E-state index in [4.69, 9.17) is 5.73 Å². The van der Waals surface area contributed by atoms with Gasteiger partial charge in [-0.1, -0.05) is 29.8 Å². The highest BCUT2D eigenvalue weighted by Crippen LogP contribution is 2.16. The Morgan fingerprint density at radius 1 is 1.24 bits per heavy atom. The minimum atomic E-state index is 0.152. The van der Waals surface area contributed by atoms with Crippen LogP contribution in [-0.2, 0) is 0 Å². The van der Waals surface area contributed by atoms with Crippen molar-refractivity contribution in [3.8, 4) is 0 Å². The van der Waals surface area contributed by atoms with Crippen molar-refractivity contribution < 1.29 is 0 Å². The molecule has 3 heteroatoms. The van der Waals surface area contributed by atoms with Gasteiger partial charge < -0.3 is 10.6 Å². The maximum absolute atomic E-state index is 6.28. The average Bonchev–Trinajstić information content (AvgIpc) is 2.58. The summed E-state index contributed by atoms with van der Waals surface area (Å²) < 4.78 is 0. The monoisotopic (exact) mass is 250 g/mol. The number of thioether (sulfide) groups is 1. The van der Waals surface area contributed by atoms with Crippen LogP contribution in [0.5, 0.6) is 0 Å². The van der Waals surface area contributed by atoms with Crippen LogP contribution in [0.1, 0.15) is 23.6 Å². The molecule has 1 aliphatic rings. The highest BCUT2D eigenvalue weighted by Gasteiger charge is 2.13. The summed E-state index contributed by atoms with van der Waals surface area (Å²) in [7, 11) is 0. The Hall–Kier alpha value is -0.510. The number of nitrogens with zero attached hydrogens (tertiary/aromatic N) is 1. The van der Waals surface area contributed by atoms with Gasteiger partial charge in [0.15, 0.2) is 0 Å². The van der Waals surface area contributed by atoms with E-state index in [2.05, 4.69) is 47.9 Å². The molecule has 0 aliphatic carbocycles. The van der Waals surface area contributed by atoms with Gasteiger partial charge in [0, 0.05) is 24.9 Å². The van der Waals surface area contributed by atoms with E-state index in [0.717, 1.165) is 6.54 Å². The normalized spacial score (nSPS) is 19.9. The SMILES string of the molecule is Cc1ccc(C(N)CN2CCCSCC2)cc1. The molecule has 2 rings (SSSR count). The first-order valence-electron chi connectivity index (χ1n) is 6.38. The summed E-state index contributed by atoms with van der Waals surface area (Å²) in [6, 6.07) is 8.76. The molecule has 1 heterocycles. The lowest BCUT2D eigenvalue weighted by molar-refractivity contribution is 0.277. The second-order valence-corrected chi connectivity index (χ2v) is 6.01. The Labute approximate surface area is 109 Å². The van der Waals surface area contributed by atoms with Crippen LogP contribution >= 0.6 is 11.8 Å². The molecule has 1 atom stereocenters. The van der Waals surface area contributed by atoms with Gasteiger partial charge in [-0.2, -0.15) is 11.8 Å². The van der Waals surface area contributed by atoms with Crippen LogP contribution in [0.4, 0.5) is 0 Å². The summed E-state index contributed by atoms with van der Waals surface area (Å²) in [5.74, 6) is 2.55. The minimum absolute atomic E-state index is 0.152. The molecule has 1 saturated heterocycles. The standard InChI is InChI=1S/C14H22N2S/c1-12-3-5-13(6-4-12)14(15)11-16-7-2-9-17-10-8-16/h3-6,14H,2,7-11,15H2,1H3. The zero-order valence-electron chi connectivity index (χ0n) is 10.6. The van der Waals surface area contributed by atoms with Crippen LogP contribution in [0.3, 0.4) is 0 Å². The molecule has 0 spiro atoms. The van der Waals surface area contributed by atoms with Gasteiger partial charge in [0.2, 0.25) is 0 Å². The summed E-state index contributed by atoms with van der Waals surface area (Å²) in [4.78, 5) is 2.50. The molecule has 94 valence electrons. The first-order valence-corrected chi connectivity index (χ1v) is 7.53. The first-order chi connectivity index (χ1) is 8.25. The maximum Gasteiger partial charge on any atom is 0.0424 e. The molecule has 1 aromatic rings. The fraction of sp³-hybridized carbons (Fsp3) is 0.571. The van der Waals surface area contributed by atoms with Crippen LogP contribution < -0.4 is 5.73 Å². The van der Waals surface area contributed by atoms with Gasteiger partial charge in [-0.3, -0.25) is 0 Å². The molecule has 0 radical (unpaired) electrons. The van der Waals surface area contributed by atoms with Gasteiger partial charge in [0.05, 0.1) is 0 Å². The second kappa shape index (κ2) is 6.43. The third kappa shape index (κ3) is 4.02. The topological polar surface area (TPSA) is 29.3 Å². The number of nitrogens with two attached hydrogens (primary N) is 1. The van der Waals surface area contributed by atoms with Crippen molar-refractivity contribution in [2.75, 3.05) is 31.1 Å². The summed E-state index contributed by atoms with van der Waals surface area (Å²) in [5.41, 5.74) is 8.83. The van der Waals surface area contributed by atoms with E-state index in [9.17, 15) is 0 Å². The van der Waals surface area contributed by atoms with Gasteiger partial charge in [-0.25, -0.2) is 0 Å². The Morgan fingerprint density at radius 2 is 2.00 bits per heavy atom. The van der Waals surface area contributed by atoms with E-state index in [1.165, 1.54) is 42.1 Å². The van der Waals surface area contributed by atoms with E-state index in [0.29, 0.717) is 0 Å². The predicted octanol–water partition coefficient (Wildman–Crippen LogP) is 2.43. The third-order valence-electron chi connectivity index (χ3n) is 3.28. The summed E-state index contributed by atoms with van der Waals surface area (Å²) in [5, 5.41) is 0. The summed E-state index contributed by atoms with van der Waals surface area (Å²) in [6.45, 7) is 5.49.